The molecule has 0 saturated carbocycles. The van der Waals surface area contributed by atoms with Gasteiger partial charge in [0.05, 0.1) is 18.5 Å². The summed E-state index contributed by atoms with van der Waals surface area (Å²) in [5, 5.41) is 6.08. The number of alkyl carbamates (subject to hydrolysis) is 1. The number of methoxy groups -OCH3 is 1. The number of carbonyl (C=O) groups is 1. The van der Waals surface area contributed by atoms with Crippen molar-refractivity contribution in [2.24, 2.45) is 4.99 Å². The summed E-state index contributed by atoms with van der Waals surface area (Å²) < 4.78 is 4.49. The Hall–Kier alpha value is -2.44. The van der Waals surface area contributed by atoms with E-state index in [-0.39, 0.29) is 5.11 Å². The van der Waals surface area contributed by atoms with E-state index in [0.717, 1.165) is 5.56 Å². The predicted molar refractivity (Wildman–Crippen MR) is 96.9 cm³/mol. The summed E-state index contributed by atoms with van der Waals surface area (Å²) >= 11 is 10.9. The first kappa shape index (κ1) is 16.9. The van der Waals surface area contributed by atoms with Gasteiger partial charge in [-0.1, -0.05) is 35.9 Å². The number of rotatable bonds is 3. The van der Waals surface area contributed by atoms with Crippen LogP contribution >= 0.6 is 23.8 Å². The van der Waals surface area contributed by atoms with Crippen LogP contribution in [0.3, 0.4) is 0 Å². The Morgan fingerprint density at radius 1 is 1.22 bits per heavy atom. The molecule has 2 aromatic carbocycles. The number of anilines is 1. The van der Waals surface area contributed by atoms with E-state index in [4.69, 9.17) is 23.8 Å². The quantitative estimate of drug-likeness (QED) is 0.647. The van der Waals surface area contributed by atoms with Gasteiger partial charge in [-0.15, -0.1) is 0 Å². The number of thiocarbonyl (C=S) groups is 1. The number of carbonyl (C=O) groups excluding carboxylic acids is 1. The van der Waals surface area contributed by atoms with Gasteiger partial charge in [-0.25, -0.2) is 4.79 Å². The zero-order chi connectivity index (χ0) is 16.7. The standard InChI is InChI=1S/C16H14ClN3O2S/c1-22-16(21)20-15(23)19-14-5-3-2-4-13(14)18-10-11-6-8-12(17)9-7-11/h2-10H,1H3,(H2,19,20,21,23). The molecule has 1 amide bonds. The Morgan fingerprint density at radius 2 is 1.91 bits per heavy atom. The van der Waals surface area contributed by atoms with Crippen molar-refractivity contribution in [3.63, 3.8) is 0 Å². The molecule has 0 fully saturated rings. The maximum atomic E-state index is 11.1. The van der Waals surface area contributed by atoms with Gasteiger partial charge >= 0.3 is 6.09 Å². The normalized spacial score (nSPS) is 10.3. The van der Waals surface area contributed by atoms with Crippen LogP contribution in [0, 0.1) is 0 Å². The molecule has 5 nitrogen and oxygen atoms in total. The van der Waals surface area contributed by atoms with E-state index in [9.17, 15) is 4.79 Å². The number of aliphatic imine (C=N–C) groups is 1. The maximum absolute atomic E-state index is 11.1. The number of hydrogen-bond acceptors (Lipinski definition) is 4. The summed E-state index contributed by atoms with van der Waals surface area (Å²) in [5.41, 5.74) is 2.26. The summed E-state index contributed by atoms with van der Waals surface area (Å²) in [4.78, 5) is 15.6. The average Bonchev–Trinajstić information content (AvgIpc) is 2.55. The second-order valence-electron chi connectivity index (χ2n) is 4.40. The highest BCUT2D eigenvalue weighted by molar-refractivity contribution is 7.80. The number of halogens is 1. The number of benzene rings is 2. The van der Waals surface area contributed by atoms with Gasteiger partial charge in [-0.2, -0.15) is 0 Å². The Morgan fingerprint density at radius 3 is 2.61 bits per heavy atom. The molecule has 0 aliphatic carbocycles. The van der Waals surface area contributed by atoms with E-state index in [1.54, 1.807) is 24.4 Å². The maximum Gasteiger partial charge on any atom is 0.413 e. The van der Waals surface area contributed by atoms with Gasteiger partial charge in [0, 0.05) is 11.2 Å². The molecule has 2 N–H and O–H groups in total. The molecule has 118 valence electrons. The number of hydrogen-bond donors (Lipinski definition) is 2. The van der Waals surface area contributed by atoms with Crippen molar-refractivity contribution in [3.8, 4) is 0 Å². The third-order valence-corrected chi connectivity index (χ3v) is 3.23. The van der Waals surface area contributed by atoms with Gasteiger partial charge < -0.3 is 10.1 Å². The van der Waals surface area contributed by atoms with Gasteiger partial charge in [0.25, 0.3) is 0 Å². The summed E-state index contributed by atoms with van der Waals surface area (Å²) in [5.74, 6) is 0. The molecule has 0 heterocycles. The fourth-order valence-electron chi connectivity index (χ4n) is 1.68. The number of para-hydroxylation sites is 2. The second-order valence-corrected chi connectivity index (χ2v) is 5.24. The monoisotopic (exact) mass is 347 g/mol. The molecule has 0 saturated heterocycles. The molecule has 0 atom stereocenters. The Kier molecular flexibility index (Phi) is 6.08. The lowest BCUT2D eigenvalue weighted by Gasteiger charge is -2.10. The number of ether oxygens (including phenoxy) is 1. The van der Waals surface area contributed by atoms with Crippen molar-refractivity contribution in [1.82, 2.24) is 5.32 Å². The second kappa shape index (κ2) is 8.26. The topological polar surface area (TPSA) is 62.7 Å². The van der Waals surface area contributed by atoms with Crippen molar-refractivity contribution >= 4 is 52.6 Å². The van der Waals surface area contributed by atoms with E-state index in [1.807, 2.05) is 30.3 Å². The van der Waals surface area contributed by atoms with Crippen molar-refractivity contribution in [2.75, 3.05) is 12.4 Å². The lowest BCUT2D eigenvalue weighted by Crippen LogP contribution is -2.33. The molecule has 0 aliphatic heterocycles. The van der Waals surface area contributed by atoms with Crippen molar-refractivity contribution in [3.05, 3.63) is 59.1 Å². The SMILES string of the molecule is COC(=O)NC(=S)Nc1ccccc1N=Cc1ccc(Cl)cc1. The van der Waals surface area contributed by atoms with Crippen LogP contribution in [-0.2, 0) is 4.74 Å². The van der Waals surface area contributed by atoms with Crippen molar-refractivity contribution in [1.29, 1.82) is 0 Å². The molecule has 0 aliphatic rings. The predicted octanol–water partition coefficient (Wildman–Crippen LogP) is 4.14. The molecular weight excluding hydrogens is 334 g/mol. The van der Waals surface area contributed by atoms with E-state index in [0.29, 0.717) is 16.4 Å². The van der Waals surface area contributed by atoms with Crippen LogP contribution in [-0.4, -0.2) is 24.5 Å². The minimum absolute atomic E-state index is 0.131. The zero-order valence-corrected chi connectivity index (χ0v) is 13.8. The third-order valence-electron chi connectivity index (χ3n) is 2.78. The number of nitrogens with zero attached hydrogens (tertiary/aromatic N) is 1. The van der Waals surface area contributed by atoms with Crippen LogP contribution in [0.2, 0.25) is 5.02 Å². The first-order valence-corrected chi connectivity index (χ1v) is 7.42. The largest absolute Gasteiger partial charge is 0.453 e. The van der Waals surface area contributed by atoms with Crippen molar-refractivity contribution < 1.29 is 9.53 Å². The molecule has 2 rings (SSSR count). The summed E-state index contributed by atoms with van der Waals surface area (Å²) in [7, 11) is 1.27. The molecule has 0 bridgehead atoms. The van der Waals surface area contributed by atoms with E-state index in [2.05, 4.69) is 20.4 Å². The molecule has 23 heavy (non-hydrogen) atoms. The minimum Gasteiger partial charge on any atom is -0.453 e. The van der Waals surface area contributed by atoms with Crippen LogP contribution < -0.4 is 10.6 Å². The lowest BCUT2D eigenvalue weighted by atomic mass is 10.2. The molecule has 0 spiro atoms. The minimum atomic E-state index is -0.635. The first-order chi connectivity index (χ1) is 11.1. The molecule has 7 heteroatoms. The van der Waals surface area contributed by atoms with Crippen LogP contribution in [0.5, 0.6) is 0 Å². The third kappa shape index (κ3) is 5.36. The van der Waals surface area contributed by atoms with Gasteiger partial charge in [0.1, 0.15) is 0 Å². The Labute approximate surface area is 144 Å². The molecule has 0 unspecified atom stereocenters. The van der Waals surface area contributed by atoms with E-state index in [1.165, 1.54) is 7.11 Å². The molecule has 2 aromatic rings. The van der Waals surface area contributed by atoms with Gasteiger partial charge in [-0.05, 0) is 42.0 Å². The molecular formula is C16H14ClN3O2S. The van der Waals surface area contributed by atoms with Crippen LogP contribution in [0.25, 0.3) is 0 Å². The summed E-state index contributed by atoms with van der Waals surface area (Å²) in [6.07, 6.45) is 1.08. The van der Waals surface area contributed by atoms with E-state index >= 15 is 0 Å². The smallest absolute Gasteiger partial charge is 0.413 e. The van der Waals surface area contributed by atoms with Crippen LogP contribution in [0.15, 0.2) is 53.5 Å². The fourth-order valence-corrected chi connectivity index (χ4v) is 2.00. The van der Waals surface area contributed by atoms with Crippen LogP contribution in [0.4, 0.5) is 16.2 Å². The first-order valence-electron chi connectivity index (χ1n) is 6.63. The van der Waals surface area contributed by atoms with E-state index < -0.39 is 6.09 Å². The number of amides is 1. The Balaban J connectivity index is 2.12. The fraction of sp³-hybridized carbons (Fsp3) is 0.0625. The van der Waals surface area contributed by atoms with Crippen molar-refractivity contribution in [2.45, 2.75) is 0 Å². The number of nitrogens with one attached hydrogen (secondary N) is 2. The molecule has 0 radical (unpaired) electrons. The average molecular weight is 348 g/mol. The summed E-state index contributed by atoms with van der Waals surface area (Å²) in [6.45, 7) is 0. The molecule has 0 aromatic heterocycles. The zero-order valence-electron chi connectivity index (χ0n) is 12.2. The highest BCUT2D eigenvalue weighted by atomic mass is 35.5. The van der Waals surface area contributed by atoms with Crippen LogP contribution in [0.1, 0.15) is 5.56 Å². The van der Waals surface area contributed by atoms with Gasteiger partial charge in [0.15, 0.2) is 5.11 Å². The Bertz CT molecular complexity index is 732. The van der Waals surface area contributed by atoms with Gasteiger partial charge in [-0.3, -0.25) is 10.3 Å². The summed E-state index contributed by atoms with van der Waals surface area (Å²) in [6, 6.07) is 14.7. The highest BCUT2D eigenvalue weighted by Gasteiger charge is 2.06. The van der Waals surface area contributed by atoms with Gasteiger partial charge in [0.2, 0.25) is 0 Å². The lowest BCUT2D eigenvalue weighted by molar-refractivity contribution is 0.177. The highest BCUT2D eigenvalue weighted by Crippen LogP contribution is 2.24.